The molecule has 0 radical (unpaired) electrons. The molecular formula is C19H28N2O3S. The minimum atomic E-state index is -3.12. The van der Waals surface area contributed by atoms with Gasteiger partial charge < -0.3 is 4.90 Å². The Morgan fingerprint density at radius 3 is 2.28 bits per heavy atom. The van der Waals surface area contributed by atoms with Crippen molar-refractivity contribution in [3.63, 3.8) is 0 Å². The van der Waals surface area contributed by atoms with Crippen LogP contribution in [0.2, 0.25) is 0 Å². The number of rotatable bonds is 4. The number of carbonyl (C=O) groups excluding carboxylic acids is 1. The maximum Gasteiger partial charge on any atom is 0.241 e. The molecule has 1 amide bonds. The van der Waals surface area contributed by atoms with Gasteiger partial charge in [-0.3, -0.25) is 9.69 Å². The van der Waals surface area contributed by atoms with Crippen LogP contribution in [0.1, 0.15) is 31.4 Å². The van der Waals surface area contributed by atoms with E-state index < -0.39 is 9.84 Å². The lowest BCUT2D eigenvalue weighted by atomic mass is 10.0. The van der Waals surface area contributed by atoms with Gasteiger partial charge in [0.15, 0.2) is 9.84 Å². The summed E-state index contributed by atoms with van der Waals surface area (Å²) in [7, 11) is -3.12. The average molecular weight is 365 g/mol. The summed E-state index contributed by atoms with van der Waals surface area (Å²) in [5.41, 5.74) is 3.00. The maximum atomic E-state index is 12.9. The van der Waals surface area contributed by atoms with E-state index in [4.69, 9.17) is 0 Å². The molecule has 0 saturated carbocycles. The van der Waals surface area contributed by atoms with Crippen LogP contribution in [0.4, 0.5) is 5.69 Å². The number of hydrogen-bond acceptors (Lipinski definition) is 4. The van der Waals surface area contributed by atoms with Crippen molar-refractivity contribution >= 4 is 21.4 Å². The molecule has 25 heavy (non-hydrogen) atoms. The molecule has 0 bridgehead atoms. The molecular weight excluding hydrogens is 336 g/mol. The van der Waals surface area contributed by atoms with Gasteiger partial charge in [0.1, 0.15) is 0 Å². The molecule has 1 aromatic rings. The highest BCUT2D eigenvalue weighted by atomic mass is 32.2. The van der Waals surface area contributed by atoms with Gasteiger partial charge in [-0.25, -0.2) is 8.42 Å². The molecule has 2 atom stereocenters. The van der Waals surface area contributed by atoms with Gasteiger partial charge in [-0.05, 0) is 56.0 Å². The predicted octanol–water partition coefficient (Wildman–Crippen LogP) is 2.16. The molecule has 1 aromatic carbocycles. The lowest BCUT2D eigenvalue weighted by Crippen LogP contribution is -2.62. The van der Waals surface area contributed by atoms with Crippen LogP contribution in [-0.4, -0.2) is 55.9 Å². The quantitative estimate of drug-likeness (QED) is 0.822. The summed E-state index contributed by atoms with van der Waals surface area (Å²) in [5.74, 6) is 0.759. The number of amides is 1. The van der Waals surface area contributed by atoms with E-state index in [1.807, 2.05) is 26.0 Å². The first kappa shape index (κ1) is 18.4. The second kappa shape index (κ2) is 6.72. The topological polar surface area (TPSA) is 57.7 Å². The third-order valence-electron chi connectivity index (χ3n) is 5.18. The van der Waals surface area contributed by atoms with Crippen molar-refractivity contribution in [3.8, 4) is 0 Å². The molecule has 5 nitrogen and oxygen atoms in total. The Balaban J connectivity index is 1.94. The molecule has 2 heterocycles. The monoisotopic (exact) mass is 364 g/mol. The second-order valence-electron chi connectivity index (χ2n) is 7.97. The smallest absolute Gasteiger partial charge is 0.241 e. The molecule has 0 aromatic heterocycles. The third kappa shape index (κ3) is 3.90. The van der Waals surface area contributed by atoms with E-state index in [2.05, 4.69) is 24.8 Å². The molecule has 2 aliphatic heterocycles. The van der Waals surface area contributed by atoms with Gasteiger partial charge in [-0.1, -0.05) is 19.9 Å². The highest BCUT2D eigenvalue weighted by Gasteiger charge is 2.49. The van der Waals surface area contributed by atoms with E-state index in [1.54, 1.807) is 4.90 Å². The van der Waals surface area contributed by atoms with E-state index in [-0.39, 0.29) is 29.5 Å². The van der Waals surface area contributed by atoms with Crippen LogP contribution in [0.25, 0.3) is 0 Å². The van der Waals surface area contributed by atoms with Gasteiger partial charge >= 0.3 is 0 Å². The number of fused-ring (bicyclic) bond motifs is 1. The Morgan fingerprint density at radius 2 is 1.68 bits per heavy atom. The Morgan fingerprint density at radius 1 is 1.08 bits per heavy atom. The fourth-order valence-electron chi connectivity index (χ4n) is 4.05. The number of hydrogen-bond donors (Lipinski definition) is 0. The highest BCUT2D eigenvalue weighted by Crippen LogP contribution is 2.32. The van der Waals surface area contributed by atoms with Gasteiger partial charge in [0.25, 0.3) is 0 Å². The minimum Gasteiger partial charge on any atom is -0.306 e. The molecule has 2 saturated heterocycles. The maximum absolute atomic E-state index is 12.9. The van der Waals surface area contributed by atoms with Gasteiger partial charge in [0, 0.05) is 11.7 Å². The van der Waals surface area contributed by atoms with E-state index in [0.29, 0.717) is 12.5 Å². The Hall–Kier alpha value is -1.40. The molecule has 0 unspecified atom stereocenters. The number of nitrogens with zero attached hydrogens (tertiary/aromatic N) is 2. The molecule has 0 N–H and O–H groups in total. The summed E-state index contributed by atoms with van der Waals surface area (Å²) in [4.78, 5) is 16.8. The average Bonchev–Trinajstić information content (AvgIpc) is 2.78. The van der Waals surface area contributed by atoms with E-state index in [0.717, 1.165) is 29.8 Å². The number of aryl methyl sites for hydroxylation is 2. The number of piperazine rings is 1. The van der Waals surface area contributed by atoms with Crippen molar-refractivity contribution in [2.75, 3.05) is 29.5 Å². The fourth-order valence-corrected chi connectivity index (χ4v) is 6.03. The van der Waals surface area contributed by atoms with Crippen LogP contribution in [-0.2, 0) is 14.6 Å². The van der Waals surface area contributed by atoms with E-state index >= 15 is 0 Å². The predicted molar refractivity (Wildman–Crippen MR) is 101 cm³/mol. The van der Waals surface area contributed by atoms with Crippen molar-refractivity contribution < 1.29 is 13.2 Å². The number of carbonyl (C=O) groups is 1. The molecule has 138 valence electrons. The van der Waals surface area contributed by atoms with Crippen LogP contribution in [0.15, 0.2) is 18.2 Å². The first-order chi connectivity index (χ1) is 11.7. The summed E-state index contributed by atoms with van der Waals surface area (Å²) in [6, 6.07) is 5.66. The molecule has 2 aliphatic rings. The molecule has 0 aliphatic carbocycles. The van der Waals surface area contributed by atoms with Crippen LogP contribution in [0, 0.1) is 19.8 Å². The van der Waals surface area contributed by atoms with Gasteiger partial charge in [-0.15, -0.1) is 0 Å². The summed E-state index contributed by atoms with van der Waals surface area (Å²) in [5, 5.41) is 0. The minimum absolute atomic E-state index is 0.00658. The highest BCUT2D eigenvalue weighted by molar-refractivity contribution is 7.91. The van der Waals surface area contributed by atoms with Crippen molar-refractivity contribution in [2.45, 2.75) is 46.2 Å². The number of benzene rings is 1. The molecule has 2 fully saturated rings. The van der Waals surface area contributed by atoms with E-state index in [9.17, 15) is 13.2 Å². The van der Waals surface area contributed by atoms with Crippen LogP contribution in [0.5, 0.6) is 0 Å². The summed E-state index contributed by atoms with van der Waals surface area (Å²) in [6.07, 6.45) is 0.972. The molecule has 0 spiro atoms. The zero-order valence-corrected chi connectivity index (χ0v) is 16.3. The zero-order valence-electron chi connectivity index (χ0n) is 15.5. The van der Waals surface area contributed by atoms with Crippen LogP contribution >= 0.6 is 0 Å². The Labute approximate surface area is 150 Å². The van der Waals surface area contributed by atoms with Gasteiger partial charge in [-0.2, -0.15) is 0 Å². The zero-order chi connectivity index (χ0) is 18.4. The normalized spacial score (nSPS) is 26.3. The second-order valence-corrected chi connectivity index (χ2v) is 10.1. The van der Waals surface area contributed by atoms with Gasteiger partial charge in [0.2, 0.25) is 5.91 Å². The van der Waals surface area contributed by atoms with Crippen LogP contribution < -0.4 is 4.90 Å². The van der Waals surface area contributed by atoms with Crippen LogP contribution in [0.3, 0.4) is 0 Å². The van der Waals surface area contributed by atoms with Crippen molar-refractivity contribution in [1.29, 1.82) is 0 Å². The number of anilines is 1. The summed E-state index contributed by atoms with van der Waals surface area (Å²) >= 11 is 0. The lowest BCUT2D eigenvalue weighted by Gasteiger charge is -2.43. The number of sulfone groups is 1. The Bertz CT molecular complexity index is 753. The lowest BCUT2D eigenvalue weighted by molar-refractivity contribution is -0.123. The SMILES string of the molecule is Cc1cc(C)cc(N2C(=O)CN(CCC(C)C)[C@H]3CS(=O)(=O)C[C@H]32)c1. The van der Waals surface area contributed by atoms with Crippen molar-refractivity contribution in [3.05, 3.63) is 29.3 Å². The van der Waals surface area contributed by atoms with Crippen molar-refractivity contribution in [1.82, 2.24) is 4.90 Å². The fraction of sp³-hybridized carbons (Fsp3) is 0.632. The molecule has 6 heteroatoms. The summed E-state index contributed by atoms with van der Waals surface area (Å²) in [6.45, 7) is 9.38. The third-order valence-corrected chi connectivity index (χ3v) is 6.88. The molecule has 3 rings (SSSR count). The van der Waals surface area contributed by atoms with Gasteiger partial charge in [0.05, 0.1) is 24.1 Å². The first-order valence-corrected chi connectivity index (χ1v) is 10.8. The summed E-state index contributed by atoms with van der Waals surface area (Å²) < 4.78 is 24.7. The largest absolute Gasteiger partial charge is 0.306 e. The van der Waals surface area contributed by atoms with E-state index in [1.165, 1.54) is 0 Å². The first-order valence-electron chi connectivity index (χ1n) is 9.01. The van der Waals surface area contributed by atoms with Crippen molar-refractivity contribution in [2.24, 2.45) is 5.92 Å². The Kier molecular flexibility index (Phi) is 4.95. The standard InChI is InChI=1S/C19H28N2O3S/c1-13(2)5-6-20-10-19(22)21(16-8-14(3)7-15(4)9-16)18-12-25(23,24)11-17(18)20/h7-9,13,17-18H,5-6,10-12H2,1-4H3/t17-,18+/m0/s1.